The van der Waals surface area contributed by atoms with Gasteiger partial charge in [0.2, 0.25) is 5.91 Å². The van der Waals surface area contributed by atoms with Crippen LogP contribution in [0.4, 0.5) is 5.69 Å². The number of piperazine rings is 1. The van der Waals surface area contributed by atoms with Gasteiger partial charge in [-0.3, -0.25) is 14.6 Å². The van der Waals surface area contributed by atoms with Crippen molar-refractivity contribution in [2.24, 2.45) is 0 Å². The zero-order chi connectivity index (χ0) is 13.1. The van der Waals surface area contributed by atoms with Gasteiger partial charge in [-0.25, -0.2) is 0 Å². The Bertz CT molecular complexity index is 475. The summed E-state index contributed by atoms with van der Waals surface area (Å²) in [5.41, 5.74) is 1.80. The molecule has 6 nitrogen and oxygen atoms in total. The Morgan fingerprint density at radius 2 is 2.44 bits per heavy atom. The molecule has 1 atom stereocenters. The molecule has 1 saturated heterocycles. The fraction of sp³-hybridized carbons (Fsp3) is 0.417. The van der Waals surface area contributed by atoms with Crippen LogP contribution in [0.25, 0.3) is 0 Å². The molecule has 0 aromatic carbocycles. The average Bonchev–Trinajstić information content (AvgIpc) is 2.32. The normalized spacial score (nSPS) is 19.5. The van der Waals surface area contributed by atoms with Crippen LogP contribution in [-0.2, 0) is 9.59 Å². The van der Waals surface area contributed by atoms with E-state index in [9.17, 15) is 9.59 Å². The topological polar surface area (TPSA) is 82.5 Å². The predicted octanol–water partition coefficient (Wildman–Crippen LogP) is 0.170. The van der Waals surface area contributed by atoms with Crippen molar-refractivity contribution in [3.8, 4) is 0 Å². The molecule has 1 amide bonds. The van der Waals surface area contributed by atoms with E-state index in [0.29, 0.717) is 13.1 Å². The number of amides is 1. The highest BCUT2D eigenvalue weighted by Gasteiger charge is 2.32. The van der Waals surface area contributed by atoms with E-state index in [0.717, 1.165) is 11.3 Å². The SMILES string of the molecule is Cc1cnccc1N1CCNC(=O)C1CC(=O)O. The largest absolute Gasteiger partial charge is 0.481 e. The summed E-state index contributed by atoms with van der Waals surface area (Å²) in [6.07, 6.45) is 3.15. The number of hydrogen-bond donors (Lipinski definition) is 2. The molecular weight excluding hydrogens is 234 g/mol. The first-order valence-corrected chi connectivity index (χ1v) is 5.76. The molecule has 1 aromatic heterocycles. The smallest absolute Gasteiger partial charge is 0.305 e. The zero-order valence-corrected chi connectivity index (χ0v) is 10.1. The zero-order valence-electron chi connectivity index (χ0n) is 10.1. The Balaban J connectivity index is 2.31. The molecule has 1 fully saturated rings. The number of aromatic nitrogens is 1. The van der Waals surface area contributed by atoms with Crippen LogP contribution < -0.4 is 10.2 Å². The van der Waals surface area contributed by atoms with Crippen molar-refractivity contribution in [1.82, 2.24) is 10.3 Å². The predicted molar refractivity (Wildman–Crippen MR) is 65.4 cm³/mol. The monoisotopic (exact) mass is 249 g/mol. The number of anilines is 1. The van der Waals surface area contributed by atoms with E-state index in [-0.39, 0.29) is 12.3 Å². The highest BCUT2D eigenvalue weighted by Crippen LogP contribution is 2.23. The van der Waals surface area contributed by atoms with Crippen molar-refractivity contribution in [3.05, 3.63) is 24.0 Å². The number of hydrogen-bond acceptors (Lipinski definition) is 4. The van der Waals surface area contributed by atoms with E-state index in [4.69, 9.17) is 5.11 Å². The molecule has 0 bridgehead atoms. The van der Waals surface area contributed by atoms with Gasteiger partial charge in [-0.05, 0) is 18.6 Å². The molecule has 2 N–H and O–H groups in total. The summed E-state index contributed by atoms with van der Waals surface area (Å²) < 4.78 is 0. The number of nitrogens with zero attached hydrogens (tertiary/aromatic N) is 2. The third kappa shape index (κ3) is 2.42. The summed E-state index contributed by atoms with van der Waals surface area (Å²) in [5, 5.41) is 11.6. The second-order valence-corrected chi connectivity index (χ2v) is 4.26. The molecule has 6 heteroatoms. The van der Waals surface area contributed by atoms with Crippen molar-refractivity contribution >= 4 is 17.6 Å². The highest BCUT2D eigenvalue weighted by molar-refractivity contribution is 5.90. The Kier molecular flexibility index (Phi) is 3.45. The third-order valence-corrected chi connectivity index (χ3v) is 3.00. The summed E-state index contributed by atoms with van der Waals surface area (Å²) in [5.74, 6) is -1.21. The lowest BCUT2D eigenvalue weighted by Crippen LogP contribution is -2.56. The molecule has 0 radical (unpaired) electrons. The number of carbonyl (C=O) groups excluding carboxylic acids is 1. The van der Waals surface area contributed by atoms with Crippen molar-refractivity contribution < 1.29 is 14.7 Å². The lowest BCUT2D eigenvalue weighted by atomic mass is 10.1. The minimum absolute atomic E-state index is 0.201. The Labute approximate surface area is 105 Å². The third-order valence-electron chi connectivity index (χ3n) is 3.00. The van der Waals surface area contributed by atoms with Crippen LogP contribution in [0, 0.1) is 6.92 Å². The van der Waals surface area contributed by atoms with Gasteiger partial charge < -0.3 is 15.3 Å². The quantitative estimate of drug-likeness (QED) is 0.798. The van der Waals surface area contributed by atoms with Crippen molar-refractivity contribution in [3.63, 3.8) is 0 Å². The van der Waals surface area contributed by atoms with Gasteiger partial charge >= 0.3 is 5.97 Å². The Morgan fingerprint density at radius 1 is 1.67 bits per heavy atom. The Morgan fingerprint density at radius 3 is 3.11 bits per heavy atom. The standard InChI is InChI=1S/C12H15N3O3/c1-8-7-13-3-2-9(8)15-5-4-14-12(18)10(15)6-11(16)17/h2-3,7,10H,4-6H2,1H3,(H,14,18)(H,16,17). The van der Waals surface area contributed by atoms with E-state index < -0.39 is 12.0 Å². The molecule has 1 aliphatic heterocycles. The highest BCUT2D eigenvalue weighted by atomic mass is 16.4. The second kappa shape index (κ2) is 5.03. The minimum atomic E-state index is -0.978. The van der Waals surface area contributed by atoms with Crippen LogP contribution in [0.3, 0.4) is 0 Å². The first-order valence-electron chi connectivity index (χ1n) is 5.76. The van der Waals surface area contributed by atoms with Gasteiger partial charge in [0, 0.05) is 31.2 Å². The lowest BCUT2D eigenvalue weighted by molar-refractivity contribution is -0.139. The molecule has 18 heavy (non-hydrogen) atoms. The average molecular weight is 249 g/mol. The molecule has 2 heterocycles. The number of nitrogens with one attached hydrogen (secondary N) is 1. The van der Waals surface area contributed by atoms with Gasteiger partial charge in [0.05, 0.1) is 6.42 Å². The number of carbonyl (C=O) groups is 2. The summed E-state index contributed by atoms with van der Waals surface area (Å²) in [6, 6.07) is 1.15. The Hall–Kier alpha value is -2.11. The van der Waals surface area contributed by atoms with Gasteiger partial charge in [0.1, 0.15) is 6.04 Å². The molecule has 96 valence electrons. The molecule has 0 saturated carbocycles. The van der Waals surface area contributed by atoms with E-state index in [1.807, 2.05) is 17.9 Å². The first kappa shape index (κ1) is 12.3. The molecule has 2 rings (SSSR count). The number of carboxylic acid groups (broad SMARTS) is 1. The number of aryl methyl sites for hydroxylation is 1. The van der Waals surface area contributed by atoms with Crippen molar-refractivity contribution in [2.75, 3.05) is 18.0 Å². The maximum atomic E-state index is 11.8. The van der Waals surface area contributed by atoms with Crippen LogP contribution in [0.15, 0.2) is 18.5 Å². The fourth-order valence-corrected chi connectivity index (χ4v) is 2.16. The van der Waals surface area contributed by atoms with Crippen molar-refractivity contribution in [2.45, 2.75) is 19.4 Å². The summed E-state index contributed by atoms with van der Waals surface area (Å²) in [6.45, 7) is 3.03. The molecule has 1 aromatic rings. The van der Waals surface area contributed by atoms with Gasteiger partial charge in [0.25, 0.3) is 0 Å². The van der Waals surface area contributed by atoms with Gasteiger partial charge in [0.15, 0.2) is 0 Å². The number of rotatable bonds is 3. The molecular formula is C12H15N3O3. The molecule has 0 spiro atoms. The second-order valence-electron chi connectivity index (χ2n) is 4.26. The maximum absolute atomic E-state index is 11.8. The number of carboxylic acids is 1. The van der Waals surface area contributed by atoms with Crippen LogP contribution >= 0.6 is 0 Å². The van der Waals surface area contributed by atoms with Gasteiger partial charge in [-0.15, -0.1) is 0 Å². The van der Waals surface area contributed by atoms with E-state index in [1.54, 1.807) is 12.4 Å². The minimum Gasteiger partial charge on any atom is -0.481 e. The maximum Gasteiger partial charge on any atom is 0.305 e. The molecule has 1 aliphatic rings. The molecule has 1 unspecified atom stereocenters. The summed E-state index contributed by atoms with van der Waals surface area (Å²) in [4.78, 5) is 28.5. The van der Waals surface area contributed by atoms with E-state index >= 15 is 0 Å². The van der Waals surface area contributed by atoms with Crippen LogP contribution in [0.1, 0.15) is 12.0 Å². The van der Waals surface area contributed by atoms with E-state index in [2.05, 4.69) is 10.3 Å². The fourth-order valence-electron chi connectivity index (χ4n) is 2.16. The lowest BCUT2D eigenvalue weighted by Gasteiger charge is -2.36. The summed E-state index contributed by atoms with van der Waals surface area (Å²) in [7, 11) is 0. The van der Waals surface area contributed by atoms with Gasteiger partial charge in [-0.2, -0.15) is 0 Å². The van der Waals surface area contributed by atoms with Crippen LogP contribution in [-0.4, -0.2) is 41.1 Å². The van der Waals surface area contributed by atoms with Gasteiger partial charge in [-0.1, -0.05) is 0 Å². The van der Waals surface area contributed by atoms with Crippen LogP contribution in [0.5, 0.6) is 0 Å². The van der Waals surface area contributed by atoms with E-state index in [1.165, 1.54) is 0 Å². The van der Waals surface area contributed by atoms with Crippen molar-refractivity contribution in [1.29, 1.82) is 0 Å². The van der Waals surface area contributed by atoms with Crippen LogP contribution in [0.2, 0.25) is 0 Å². The number of pyridine rings is 1. The number of aliphatic carboxylic acids is 1. The molecule has 0 aliphatic carbocycles. The summed E-state index contributed by atoms with van der Waals surface area (Å²) >= 11 is 0. The first-order chi connectivity index (χ1) is 8.59.